The molecular weight excluding hydrogens is 352 g/mol. The maximum absolute atomic E-state index is 12.8. The number of morpholine rings is 1. The molecule has 0 unspecified atom stereocenters. The van der Waals surface area contributed by atoms with Crippen molar-refractivity contribution in [1.29, 1.82) is 0 Å². The molecule has 0 atom stereocenters. The highest BCUT2D eigenvalue weighted by atomic mass is 16.5. The number of hydrogen-bond acceptors (Lipinski definition) is 4. The molecular formula is C23H26N2O3. The molecule has 1 amide bonds. The lowest BCUT2D eigenvalue weighted by atomic mass is 10.0. The van der Waals surface area contributed by atoms with E-state index in [0.29, 0.717) is 12.1 Å². The molecule has 0 aliphatic carbocycles. The quantitative estimate of drug-likeness (QED) is 0.749. The zero-order valence-corrected chi connectivity index (χ0v) is 16.3. The lowest BCUT2D eigenvalue weighted by Crippen LogP contribution is -2.36. The van der Waals surface area contributed by atoms with Gasteiger partial charge < -0.3 is 14.5 Å². The van der Waals surface area contributed by atoms with Crippen LogP contribution in [-0.2, 0) is 16.0 Å². The Morgan fingerprint density at radius 3 is 2.57 bits per heavy atom. The summed E-state index contributed by atoms with van der Waals surface area (Å²) in [6, 6.07) is 13.9. The average Bonchev–Trinajstić information content (AvgIpc) is 3.16. The highest BCUT2D eigenvalue weighted by Crippen LogP contribution is 2.32. The highest BCUT2D eigenvalue weighted by molar-refractivity contribution is 6.02. The van der Waals surface area contributed by atoms with Gasteiger partial charge in [0.15, 0.2) is 5.78 Å². The number of carbonyl (C=O) groups is 2. The number of benzene rings is 2. The van der Waals surface area contributed by atoms with Crippen LogP contribution in [0.25, 0.3) is 0 Å². The Balaban J connectivity index is 1.40. The molecule has 2 heterocycles. The summed E-state index contributed by atoms with van der Waals surface area (Å²) < 4.78 is 5.43. The van der Waals surface area contributed by atoms with Crippen molar-refractivity contribution >= 4 is 23.1 Å². The molecule has 0 aromatic heterocycles. The van der Waals surface area contributed by atoms with E-state index in [2.05, 4.69) is 17.0 Å². The second-order valence-electron chi connectivity index (χ2n) is 7.45. The monoisotopic (exact) mass is 378 g/mol. The fourth-order valence-electron chi connectivity index (χ4n) is 4.04. The van der Waals surface area contributed by atoms with Gasteiger partial charge in [0.2, 0.25) is 5.91 Å². The Kier molecular flexibility index (Phi) is 5.44. The minimum absolute atomic E-state index is 0.0276. The van der Waals surface area contributed by atoms with Gasteiger partial charge in [-0.2, -0.15) is 0 Å². The smallest absolute Gasteiger partial charge is 0.227 e. The second-order valence-corrected chi connectivity index (χ2v) is 7.45. The molecule has 2 aromatic rings. The van der Waals surface area contributed by atoms with Crippen LogP contribution in [0.3, 0.4) is 0 Å². The van der Waals surface area contributed by atoms with E-state index in [4.69, 9.17) is 4.74 Å². The van der Waals surface area contributed by atoms with E-state index in [-0.39, 0.29) is 24.5 Å². The lowest BCUT2D eigenvalue weighted by Gasteiger charge is -2.29. The number of anilines is 2. The van der Waals surface area contributed by atoms with E-state index in [9.17, 15) is 9.59 Å². The van der Waals surface area contributed by atoms with Crippen molar-refractivity contribution < 1.29 is 14.3 Å². The van der Waals surface area contributed by atoms with Crippen LogP contribution in [0.2, 0.25) is 0 Å². The van der Waals surface area contributed by atoms with Crippen LogP contribution in [0, 0.1) is 6.92 Å². The zero-order chi connectivity index (χ0) is 19.5. The van der Waals surface area contributed by atoms with E-state index in [1.807, 2.05) is 42.2 Å². The van der Waals surface area contributed by atoms with Gasteiger partial charge in [-0.05, 0) is 42.7 Å². The fourth-order valence-corrected chi connectivity index (χ4v) is 4.04. The van der Waals surface area contributed by atoms with Gasteiger partial charge in [-0.15, -0.1) is 0 Å². The largest absolute Gasteiger partial charge is 0.378 e. The molecule has 4 rings (SSSR count). The summed E-state index contributed by atoms with van der Waals surface area (Å²) >= 11 is 0. The van der Waals surface area contributed by atoms with Gasteiger partial charge >= 0.3 is 0 Å². The molecule has 1 saturated heterocycles. The summed E-state index contributed by atoms with van der Waals surface area (Å²) in [5.74, 6) is 0.0633. The van der Waals surface area contributed by atoms with E-state index in [1.165, 1.54) is 11.3 Å². The summed E-state index contributed by atoms with van der Waals surface area (Å²) in [5.41, 5.74) is 5.08. The first kappa shape index (κ1) is 18.7. The normalized spacial score (nSPS) is 16.2. The number of ether oxygens (including phenoxy) is 1. The predicted molar refractivity (Wildman–Crippen MR) is 110 cm³/mol. The number of nitrogens with zero attached hydrogens (tertiary/aromatic N) is 2. The van der Waals surface area contributed by atoms with Gasteiger partial charge in [0, 0.05) is 49.4 Å². The average molecular weight is 378 g/mol. The minimum atomic E-state index is 0.0276. The molecule has 1 fully saturated rings. The van der Waals surface area contributed by atoms with Crippen LogP contribution < -0.4 is 9.80 Å². The predicted octanol–water partition coefficient (Wildman–Crippen LogP) is 3.38. The highest BCUT2D eigenvalue weighted by Gasteiger charge is 2.26. The Bertz CT molecular complexity index is 887. The molecule has 5 heteroatoms. The number of fused-ring (bicyclic) bond motifs is 1. The molecule has 0 spiro atoms. The SMILES string of the molecule is Cc1ccccc1C(=O)CCC(=O)N1CCc2cc(N3CCOCC3)ccc21. The number of ketones is 1. The number of aryl methyl sites for hydroxylation is 1. The first-order chi connectivity index (χ1) is 13.6. The number of Topliss-reactive ketones (excluding diaryl/α,β-unsaturated/α-hetero) is 1. The van der Waals surface area contributed by atoms with Crippen molar-refractivity contribution in [1.82, 2.24) is 0 Å². The first-order valence-electron chi connectivity index (χ1n) is 9.98. The topological polar surface area (TPSA) is 49.9 Å². The van der Waals surface area contributed by atoms with Crippen LogP contribution in [0.4, 0.5) is 11.4 Å². The number of rotatable bonds is 5. The van der Waals surface area contributed by atoms with E-state index >= 15 is 0 Å². The molecule has 0 saturated carbocycles. The second kappa shape index (κ2) is 8.15. The third-order valence-electron chi connectivity index (χ3n) is 5.65. The van der Waals surface area contributed by atoms with Gasteiger partial charge in [-0.3, -0.25) is 9.59 Å². The van der Waals surface area contributed by atoms with Crippen molar-refractivity contribution in [2.24, 2.45) is 0 Å². The molecule has 0 bridgehead atoms. The van der Waals surface area contributed by atoms with Gasteiger partial charge in [0.25, 0.3) is 0 Å². The number of amides is 1. The Morgan fingerprint density at radius 1 is 1.00 bits per heavy atom. The van der Waals surface area contributed by atoms with E-state index in [1.54, 1.807) is 0 Å². The fraction of sp³-hybridized carbons (Fsp3) is 0.391. The molecule has 2 aliphatic rings. The number of hydrogen-bond donors (Lipinski definition) is 0. The van der Waals surface area contributed by atoms with Crippen LogP contribution >= 0.6 is 0 Å². The molecule has 146 valence electrons. The van der Waals surface area contributed by atoms with Gasteiger partial charge in [-0.1, -0.05) is 24.3 Å². The van der Waals surface area contributed by atoms with Gasteiger partial charge in [-0.25, -0.2) is 0 Å². The maximum Gasteiger partial charge on any atom is 0.227 e. The van der Waals surface area contributed by atoms with Crippen LogP contribution in [0.15, 0.2) is 42.5 Å². The third kappa shape index (κ3) is 3.80. The Labute approximate surface area is 165 Å². The summed E-state index contributed by atoms with van der Waals surface area (Å²) in [6.45, 7) is 5.95. The molecule has 0 N–H and O–H groups in total. The van der Waals surface area contributed by atoms with Crippen molar-refractivity contribution in [2.75, 3.05) is 42.6 Å². The van der Waals surface area contributed by atoms with E-state index < -0.39 is 0 Å². The van der Waals surface area contributed by atoms with Crippen LogP contribution in [-0.4, -0.2) is 44.5 Å². The lowest BCUT2D eigenvalue weighted by molar-refractivity contribution is -0.118. The van der Waals surface area contributed by atoms with Crippen molar-refractivity contribution in [3.63, 3.8) is 0 Å². The summed E-state index contributed by atoms with van der Waals surface area (Å²) in [4.78, 5) is 29.4. The molecule has 5 nitrogen and oxygen atoms in total. The van der Waals surface area contributed by atoms with Crippen molar-refractivity contribution in [3.8, 4) is 0 Å². The van der Waals surface area contributed by atoms with Crippen LogP contribution in [0.1, 0.15) is 34.3 Å². The van der Waals surface area contributed by atoms with Gasteiger partial charge in [0.05, 0.1) is 13.2 Å². The minimum Gasteiger partial charge on any atom is -0.378 e. The number of carbonyl (C=O) groups excluding carboxylic acids is 2. The zero-order valence-electron chi connectivity index (χ0n) is 16.3. The molecule has 2 aliphatic heterocycles. The molecule has 28 heavy (non-hydrogen) atoms. The first-order valence-corrected chi connectivity index (χ1v) is 9.98. The third-order valence-corrected chi connectivity index (χ3v) is 5.65. The Hall–Kier alpha value is -2.66. The van der Waals surface area contributed by atoms with E-state index in [0.717, 1.165) is 44.0 Å². The summed E-state index contributed by atoms with van der Waals surface area (Å²) in [6.07, 6.45) is 1.37. The standard InChI is InChI=1S/C23H26N2O3/c1-17-4-2-3-5-20(17)22(26)8-9-23(27)25-11-10-18-16-19(6-7-21(18)25)24-12-14-28-15-13-24/h2-7,16H,8-15H2,1H3. The summed E-state index contributed by atoms with van der Waals surface area (Å²) in [7, 11) is 0. The van der Waals surface area contributed by atoms with Crippen molar-refractivity contribution in [3.05, 3.63) is 59.2 Å². The van der Waals surface area contributed by atoms with Crippen molar-refractivity contribution in [2.45, 2.75) is 26.2 Å². The van der Waals surface area contributed by atoms with Gasteiger partial charge in [0.1, 0.15) is 0 Å². The summed E-state index contributed by atoms with van der Waals surface area (Å²) in [5, 5.41) is 0. The molecule has 2 aromatic carbocycles. The maximum atomic E-state index is 12.8. The van der Waals surface area contributed by atoms with Crippen LogP contribution in [0.5, 0.6) is 0 Å². The Morgan fingerprint density at radius 2 is 1.79 bits per heavy atom. The molecule has 0 radical (unpaired) electrons.